The normalized spacial score (nSPS) is 17.1. The van der Waals surface area contributed by atoms with Gasteiger partial charge < -0.3 is 5.32 Å². The summed E-state index contributed by atoms with van der Waals surface area (Å²) in [5.74, 6) is 0. The van der Waals surface area contributed by atoms with Gasteiger partial charge in [0, 0.05) is 31.7 Å². The molecule has 0 fully saturated rings. The van der Waals surface area contributed by atoms with Gasteiger partial charge in [-0.3, -0.25) is 4.90 Å². The van der Waals surface area contributed by atoms with Crippen molar-refractivity contribution >= 4 is 0 Å². The number of hydrogen-bond acceptors (Lipinski definition) is 2. The zero-order valence-electron chi connectivity index (χ0n) is 11.9. The van der Waals surface area contributed by atoms with E-state index in [-0.39, 0.29) is 0 Å². The Balaban J connectivity index is 1.84. The van der Waals surface area contributed by atoms with Crippen molar-refractivity contribution in [2.45, 2.75) is 58.8 Å². The minimum Gasteiger partial charge on any atom is -0.312 e. The van der Waals surface area contributed by atoms with Crippen molar-refractivity contribution in [1.29, 1.82) is 0 Å². The van der Waals surface area contributed by atoms with E-state index in [4.69, 9.17) is 0 Å². The molecule has 0 amide bonds. The van der Waals surface area contributed by atoms with Crippen LogP contribution >= 0.6 is 0 Å². The number of hydrogen-bond donors (Lipinski definition) is 1. The van der Waals surface area contributed by atoms with E-state index in [1.54, 1.807) is 0 Å². The predicted octanol–water partition coefficient (Wildman–Crippen LogP) is 3.17. The summed E-state index contributed by atoms with van der Waals surface area (Å²) in [6.07, 6.45) is 2.45. The predicted molar refractivity (Wildman–Crippen MR) is 77.5 cm³/mol. The molecule has 0 aromatic heterocycles. The highest BCUT2D eigenvalue weighted by molar-refractivity contribution is 5.30. The molecular weight excluding hydrogens is 220 g/mol. The fraction of sp³-hybridized carbons (Fsp3) is 0.625. The Morgan fingerprint density at radius 2 is 1.67 bits per heavy atom. The number of fused-ring (bicyclic) bond motifs is 1. The van der Waals surface area contributed by atoms with Gasteiger partial charge in [0.2, 0.25) is 0 Å². The van der Waals surface area contributed by atoms with Gasteiger partial charge in [-0.1, -0.05) is 38.1 Å². The molecule has 2 rings (SSSR count). The van der Waals surface area contributed by atoms with Crippen LogP contribution in [0.2, 0.25) is 0 Å². The fourth-order valence-corrected chi connectivity index (χ4v) is 2.71. The van der Waals surface area contributed by atoms with Crippen LogP contribution in [-0.2, 0) is 13.1 Å². The summed E-state index contributed by atoms with van der Waals surface area (Å²) in [7, 11) is 0. The van der Waals surface area contributed by atoms with E-state index in [0.717, 1.165) is 19.6 Å². The molecule has 0 saturated carbocycles. The van der Waals surface area contributed by atoms with Crippen LogP contribution in [0.3, 0.4) is 0 Å². The second kappa shape index (κ2) is 6.35. The molecule has 18 heavy (non-hydrogen) atoms. The first-order valence-corrected chi connectivity index (χ1v) is 7.28. The Morgan fingerprint density at radius 1 is 1.11 bits per heavy atom. The van der Waals surface area contributed by atoms with E-state index in [1.807, 2.05) is 0 Å². The van der Waals surface area contributed by atoms with Crippen molar-refractivity contribution < 1.29 is 0 Å². The highest BCUT2D eigenvalue weighted by Gasteiger charge is 2.22. The minimum absolute atomic E-state index is 0.609. The second-order valence-corrected chi connectivity index (χ2v) is 5.44. The fourth-order valence-electron chi connectivity index (χ4n) is 2.71. The standard InChI is InChI=1S/C16H26N2/c1-4-16(5-2)17-10-13(3)18-11-14-8-6-7-9-15(14)12-18/h6-9,13,16-17H,4-5,10-12H2,1-3H3. The Labute approximate surface area is 111 Å². The lowest BCUT2D eigenvalue weighted by atomic mass is 10.1. The molecule has 2 heteroatoms. The molecule has 100 valence electrons. The quantitative estimate of drug-likeness (QED) is 0.829. The molecule has 1 aromatic rings. The maximum atomic E-state index is 3.68. The molecule has 1 unspecified atom stereocenters. The number of nitrogens with zero attached hydrogens (tertiary/aromatic N) is 1. The summed E-state index contributed by atoms with van der Waals surface area (Å²) in [6, 6.07) is 10.1. The van der Waals surface area contributed by atoms with E-state index < -0.39 is 0 Å². The molecule has 1 N–H and O–H groups in total. The van der Waals surface area contributed by atoms with Crippen molar-refractivity contribution in [2.75, 3.05) is 6.54 Å². The summed E-state index contributed by atoms with van der Waals surface area (Å²) in [5, 5.41) is 3.68. The largest absolute Gasteiger partial charge is 0.312 e. The molecule has 1 aromatic carbocycles. The lowest BCUT2D eigenvalue weighted by molar-refractivity contribution is 0.202. The van der Waals surface area contributed by atoms with Gasteiger partial charge in [-0.25, -0.2) is 0 Å². The average molecular weight is 246 g/mol. The SMILES string of the molecule is CCC(CC)NCC(C)N1Cc2ccccc2C1. The number of rotatable bonds is 6. The highest BCUT2D eigenvalue weighted by Crippen LogP contribution is 2.23. The molecule has 1 heterocycles. The van der Waals surface area contributed by atoms with E-state index in [0.29, 0.717) is 12.1 Å². The molecule has 0 bridgehead atoms. The second-order valence-electron chi connectivity index (χ2n) is 5.44. The Bertz CT molecular complexity index is 346. The summed E-state index contributed by atoms with van der Waals surface area (Å²) in [4.78, 5) is 2.57. The topological polar surface area (TPSA) is 15.3 Å². The third-order valence-electron chi connectivity index (χ3n) is 4.18. The summed E-state index contributed by atoms with van der Waals surface area (Å²) in [6.45, 7) is 10.2. The van der Waals surface area contributed by atoms with Crippen LogP contribution < -0.4 is 5.32 Å². The van der Waals surface area contributed by atoms with Crippen LogP contribution in [0.1, 0.15) is 44.7 Å². The molecule has 2 nitrogen and oxygen atoms in total. The first kappa shape index (κ1) is 13.6. The Hall–Kier alpha value is -0.860. The van der Waals surface area contributed by atoms with Gasteiger partial charge in [0.05, 0.1) is 0 Å². The molecule has 1 aliphatic heterocycles. The third-order valence-corrected chi connectivity index (χ3v) is 4.18. The summed E-state index contributed by atoms with van der Waals surface area (Å²) >= 11 is 0. The van der Waals surface area contributed by atoms with Crippen LogP contribution in [0, 0.1) is 0 Å². The van der Waals surface area contributed by atoms with Gasteiger partial charge in [-0.05, 0) is 30.9 Å². The third kappa shape index (κ3) is 3.12. The average Bonchev–Trinajstić information content (AvgIpc) is 2.83. The maximum Gasteiger partial charge on any atom is 0.0243 e. The van der Waals surface area contributed by atoms with E-state index in [2.05, 4.69) is 55.3 Å². The molecule has 0 saturated heterocycles. The van der Waals surface area contributed by atoms with Gasteiger partial charge in [-0.2, -0.15) is 0 Å². The van der Waals surface area contributed by atoms with Crippen LogP contribution in [0.25, 0.3) is 0 Å². The van der Waals surface area contributed by atoms with Gasteiger partial charge in [0.15, 0.2) is 0 Å². The highest BCUT2D eigenvalue weighted by atomic mass is 15.2. The monoisotopic (exact) mass is 246 g/mol. The minimum atomic E-state index is 0.609. The van der Waals surface area contributed by atoms with E-state index in [9.17, 15) is 0 Å². The zero-order chi connectivity index (χ0) is 13.0. The van der Waals surface area contributed by atoms with E-state index in [1.165, 1.54) is 24.0 Å². The zero-order valence-corrected chi connectivity index (χ0v) is 11.9. The van der Waals surface area contributed by atoms with Crippen molar-refractivity contribution in [3.8, 4) is 0 Å². The van der Waals surface area contributed by atoms with Gasteiger partial charge in [0.25, 0.3) is 0 Å². The Morgan fingerprint density at radius 3 is 2.17 bits per heavy atom. The van der Waals surface area contributed by atoms with Crippen molar-refractivity contribution in [2.24, 2.45) is 0 Å². The molecule has 0 spiro atoms. The van der Waals surface area contributed by atoms with Gasteiger partial charge in [0.1, 0.15) is 0 Å². The first-order chi connectivity index (χ1) is 8.74. The van der Waals surface area contributed by atoms with Crippen molar-refractivity contribution in [1.82, 2.24) is 10.2 Å². The summed E-state index contributed by atoms with van der Waals surface area (Å²) < 4.78 is 0. The van der Waals surface area contributed by atoms with Crippen molar-refractivity contribution in [3.05, 3.63) is 35.4 Å². The lowest BCUT2D eigenvalue weighted by Gasteiger charge is -2.26. The smallest absolute Gasteiger partial charge is 0.0243 e. The van der Waals surface area contributed by atoms with Crippen LogP contribution in [0.5, 0.6) is 0 Å². The molecule has 0 radical (unpaired) electrons. The van der Waals surface area contributed by atoms with Crippen LogP contribution in [0.15, 0.2) is 24.3 Å². The van der Waals surface area contributed by atoms with Gasteiger partial charge >= 0.3 is 0 Å². The maximum absolute atomic E-state index is 3.68. The van der Waals surface area contributed by atoms with Crippen LogP contribution in [-0.4, -0.2) is 23.5 Å². The van der Waals surface area contributed by atoms with E-state index >= 15 is 0 Å². The molecule has 1 aliphatic rings. The van der Waals surface area contributed by atoms with Crippen LogP contribution in [0.4, 0.5) is 0 Å². The number of benzene rings is 1. The Kier molecular flexibility index (Phi) is 4.79. The first-order valence-electron chi connectivity index (χ1n) is 7.28. The number of nitrogens with one attached hydrogen (secondary N) is 1. The molecule has 0 aliphatic carbocycles. The van der Waals surface area contributed by atoms with Crippen molar-refractivity contribution in [3.63, 3.8) is 0 Å². The molecular formula is C16H26N2. The van der Waals surface area contributed by atoms with Gasteiger partial charge in [-0.15, -0.1) is 0 Å². The summed E-state index contributed by atoms with van der Waals surface area (Å²) in [5.41, 5.74) is 3.01. The lowest BCUT2D eigenvalue weighted by Crippen LogP contribution is -2.41. The molecule has 1 atom stereocenters.